The van der Waals surface area contributed by atoms with Crippen LogP contribution in [0, 0.1) is 5.92 Å². The summed E-state index contributed by atoms with van der Waals surface area (Å²) >= 11 is 0. The van der Waals surface area contributed by atoms with Crippen LogP contribution in [-0.2, 0) is 11.1 Å². The number of hydrogen-bond acceptors (Lipinski definition) is 7. The molecule has 0 aliphatic heterocycles. The first-order valence-electron chi connectivity index (χ1n) is 13.1. The van der Waals surface area contributed by atoms with Crippen LogP contribution in [0.25, 0.3) is 39.3 Å². The largest absolute Gasteiger partial charge is 0.389 e. The van der Waals surface area contributed by atoms with Crippen molar-refractivity contribution in [2.24, 2.45) is 11.7 Å². The Bertz CT molecular complexity index is 1680. The Morgan fingerprint density at radius 1 is 0.868 bits per heavy atom. The van der Waals surface area contributed by atoms with Gasteiger partial charge in [-0.25, -0.2) is 9.97 Å². The molecule has 0 atom stereocenters. The summed E-state index contributed by atoms with van der Waals surface area (Å²) in [5.74, 6) is 0.817. The number of benzene rings is 2. The molecule has 8 heteroatoms. The van der Waals surface area contributed by atoms with Gasteiger partial charge in [-0.1, -0.05) is 54.6 Å². The van der Waals surface area contributed by atoms with Gasteiger partial charge in [0.05, 0.1) is 17.0 Å². The van der Waals surface area contributed by atoms with Crippen LogP contribution in [0.1, 0.15) is 50.9 Å². The lowest BCUT2D eigenvalue weighted by Gasteiger charge is -2.52. The van der Waals surface area contributed by atoms with Crippen LogP contribution < -0.4 is 5.73 Å². The van der Waals surface area contributed by atoms with Crippen molar-refractivity contribution in [3.8, 4) is 22.5 Å². The summed E-state index contributed by atoms with van der Waals surface area (Å²) in [6.07, 6.45) is 3.42. The van der Waals surface area contributed by atoms with Crippen molar-refractivity contribution in [3.05, 3.63) is 78.1 Å². The highest BCUT2D eigenvalue weighted by Crippen LogP contribution is 2.57. The maximum absolute atomic E-state index is 10.8. The van der Waals surface area contributed by atoms with Gasteiger partial charge in [-0.05, 0) is 63.1 Å². The summed E-state index contributed by atoms with van der Waals surface area (Å²) in [5, 5.41) is 30.1. The molecule has 2 fully saturated rings. The third-order valence-electron chi connectivity index (χ3n) is 8.10. The van der Waals surface area contributed by atoms with Gasteiger partial charge in [-0.2, -0.15) is 0 Å². The van der Waals surface area contributed by atoms with Crippen molar-refractivity contribution >= 4 is 16.8 Å². The van der Waals surface area contributed by atoms with E-state index in [0.717, 1.165) is 40.9 Å². The van der Waals surface area contributed by atoms with E-state index in [2.05, 4.69) is 22.3 Å². The molecule has 0 unspecified atom stereocenters. The van der Waals surface area contributed by atoms with E-state index >= 15 is 0 Å². The number of nitrogens with two attached hydrogens (primary N) is 1. The van der Waals surface area contributed by atoms with Gasteiger partial charge >= 0.3 is 0 Å². The van der Waals surface area contributed by atoms with E-state index in [1.807, 2.05) is 54.6 Å². The lowest BCUT2D eigenvalue weighted by Crippen LogP contribution is -2.60. The normalized spacial score (nSPS) is 23.6. The van der Waals surface area contributed by atoms with E-state index in [0.29, 0.717) is 41.4 Å². The van der Waals surface area contributed by atoms with Crippen LogP contribution in [-0.4, -0.2) is 40.4 Å². The van der Waals surface area contributed by atoms with Gasteiger partial charge in [0.1, 0.15) is 11.1 Å². The van der Waals surface area contributed by atoms with Crippen molar-refractivity contribution in [1.29, 1.82) is 0 Å². The Morgan fingerprint density at radius 2 is 1.53 bits per heavy atom. The highest BCUT2D eigenvalue weighted by molar-refractivity contribution is 5.86. The average Bonchev–Trinajstić information content (AvgIpc) is 3.65. The van der Waals surface area contributed by atoms with E-state index in [1.165, 1.54) is 0 Å². The van der Waals surface area contributed by atoms with Gasteiger partial charge in [0.15, 0.2) is 17.1 Å². The Balaban J connectivity index is 1.36. The number of nitrogens with zero attached hydrogens (tertiary/aromatic N) is 5. The Kier molecular flexibility index (Phi) is 4.86. The molecule has 3 aromatic heterocycles. The van der Waals surface area contributed by atoms with Crippen molar-refractivity contribution < 1.29 is 10.2 Å². The monoisotopic (exact) mass is 506 g/mol. The maximum atomic E-state index is 10.8. The first-order chi connectivity index (χ1) is 18.1. The zero-order chi connectivity index (χ0) is 26.3. The molecule has 7 rings (SSSR count). The zero-order valence-electron chi connectivity index (χ0n) is 21.5. The molecule has 3 heterocycles. The number of pyridine rings is 1. The van der Waals surface area contributed by atoms with E-state index in [9.17, 15) is 10.2 Å². The molecular weight excluding hydrogens is 476 g/mol. The van der Waals surface area contributed by atoms with Gasteiger partial charge in [0.2, 0.25) is 0 Å². The number of aromatic nitrogens is 5. The van der Waals surface area contributed by atoms with Crippen LogP contribution in [0.15, 0.2) is 66.7 Å². The molecule has 0 spiro atoms. The molecule has 4 N–H and O–H groups in total. The third-order valence-corrected chi connectivity index (χ3v) is 8.10. The molecular formula is C30H30N6O2. The quantitative estimate of drug-likeness (QED) is 0.324. The van der Waals surface area contributed by atoms with Crippen molar-refractivity contribution in [2.75, 3.05) is 0 Å². The number of hydrogen-bond donors (Lipinski definition) is 3. The third kappa shape index (κ3) is 3.63. The minimum absolute atomic E-state index is 0.406. The van der Waals surface area contributed by atoms with E-state index < -0.39 is 16.7 Å². The van der Waals surface area contributed by atoms with Crippen LogP contribution in [0.5, 0.6) is 0 Å². The van der Waals surface area contributed by atoms with Crippen LogP contribution in [0.4, 0.5) is 0 Å². The fourth-order valence-electron chi connectivity index (χ4n) is 5.99. The van der Waals surface area contributed by atoms with Gasteiger partial charge in [0, 0.05) is 16.7 Å². The van der Waals surface area contributed by atoms with E-state index in [4.69, 9.17) is 15.7 Å². The molecule has 2 aliphatic rings. The predicted molar refractivity (Wildman–Crippen MR) is 145 cm³/mol. The van der Waals surface area contributed by atoms with Gasteiger partial charge in [-0.15, -0.1) is 10.2 Å². The zero-order valence-corrected chi connectivity index (χ0v) is 21.5. The Hall–Kier alpha value is -3.72. The predicted octanol–water partition coefficient (Wildman–Crippen LogP) is 4.32. The second-order valence-electron chi connectivity index (χ2n) is 11.6. The second-order valence-corrected chi connectivity index (χ2v) is 11.6. The summed E-state index contributed by atoms with van der Waals surface area (Å²) in [4.78, 5) is 10.2. The second kappa shape index (κ2) is 7.89. The maximum Gasteiger partial charge on any atom is 0.170 e. The molecule has 0 amide bonds. The van der Waals surface area contributed by atoms with Crippen LogP contribution in [0.2, 0.25) is 0 Å². The van der Waals surface area contributed by atoms with Gasteiger partial charge in [0.25, 0.3) is 0 Å². The molecule has 38 heavy (non-hydrogen) atoms. The Labute approximate surface area is 220 Å². The first-order valence-corrected chi connectivity index (χ1v) is 13.1. The minimum atomic E-state index is -1.21. The standard InChI is InChI=1S/C30H30N6O2/c1-28(2,37)27-35-34-23-15-14-22-26(36(23)27)33-25(18-6-4-3-5-7-18)24(32-22)19-8-10-20(11-9-19)29(31)16-30(38,17-29)21-12-13-21/h3-11,14-15,21,37-38H,12-13,16-17,31H2,1-2H3/t29-,30-. The molecule has 8 nitrogen and oxygen atoms in total. The van der Waals surface area contributed by atoms with E-state index in [-0.39, 0.29) is 0 Å². The summed E-state index contributed by atoms with van der Waals surface area (Å²) in [6.45, 7) is 3.36. The van der Waals surface area contributed by atoms with Gasteiger partial charge in [-0.3, -0.25) is 4.40 Å². The highest BCUT2D eigenvalue weighted by atomic mass is 16.3. The fourth-order valence-corrected chi connectivity index (χ4v) is 5.99. The molecule has 0 saturated heterocycles. The Morgan fingerprint density at radius 3 is 2.18 bits per heavy atom. The smallest absolute Gasteiger partial charge is 0.170 e. The summed E-state index contributed by atoms with van der Waals surface area (Å²) in [5.41, 5.74) is 10.6. The molecule has 192 valence electrons. The van der Waals surface area contributed by atoms with Crippen molar-refractivity contribution in [1.82, 2.24) is 24.6 Å². The molecule has 2 aliphatic carbocycles. The molecule has 5 aromatic rings. The number of fused-ring (bicyclic) bond motifs is 3. The lowest BCUT2D eigenvalue weighted by atomic mass is 9.60. The summed E-state index contributed by atoms with van der Waals surface area (Å²) in [6, 6.07) is 21.9. The van der Waals surface area contributed by atoms with E-state index in [1.54, 1.807) is 18.2 Å². The first kappa shape index (κ1) is 23.4. The van der Waals surface area contributed by atoms with Crippen molar-refractivity contribution in [2.45, 2.75) is 56.3 Å². The summed E-state index contributed by atoms with van der Waals surface area (Å²) in [7, 11) is 0. The molecule has 2 saturated carbocycles. The lowest BCUT2D eigenvalue weighted by molar-refractivity contribution is -0.106. The van der Waals surface area contributed by atoms with Crippen molar-refractivity contribution in [3.63, 3.8) is 0 Å². The van der Waals surface area contributed by atoms with Crippen LogP contribution >= 0.6 is 0 Å². The van der Waals surface area contributed by atoms with Crippen LogP contribution in [0.3, 0.4) is 0 Å². The average molecular weight is 507 g/mol. The molecule has 0 radical (unpaired) electrons. The molecule has 0 bridgehead atoms. The SMILES string of the molecule is CC(C)(O)c1nnc2ccc3nc(-c4ccc([C@]5(N)C[C@@](O)(C6CC6)C5)cc4)c(-c4ccccc4)nc3n12. The molecule has 2 aromatic carbocycles. The van der Waals surface area contributed by atoms with Gasteiger partial charge < -0.3 is 15.9 Å². The fraction of sp³-hybridized carbons (Fsp3) is 0.333. The minimum Gasteiger partial charge on any atom is -0.389 e. The highest BCUT2D eigenvalue weighted by Gasteiger charge is 2.58. The topological polar surface area (TPSA) is 122 Å². The summed E-state index contributed by atoms with van der Waals surface area (Å²) < 4.78 is 1.78. The number of aliphatic hydroxyl groups is 2. The number of rotatable bonds is 5.